The van der Waals surface area contributed by atoms with Crippen molar-refractivity contribution >= 4 is 36.0 Å². The second-order valence-corrected chi connectivity index (χ2v) is 15.7. The van der Waals surface area contributed by atoms with Crippen LogP contribution in [0.1, 0.15) is 92.7 Å². The molecule has 55 heavy (non-hydrogen) atoms. The molecular formula is C43H60N2O10. The van der Waals surface area contributed by atoms with E-state index in [2.05, 4.69) is 10.6 Å². The third-order valence-electron chi connectivity index (χ3n) is 7.73. The van der Waals surface area contributed by atoms with E-state index < -0.39 is 59.4 Å². The summed E-state index contributed by atoms with van der Waals surface area (Å²) in [6.07, 6.45) is 4.40. The number of rotatable bonds is 19. The minimum atomic E-state index is -1.21. The molecule has 12 heteroatoms. The van der Waals surface area contributed by atoms with E-state index in [9.17, 15) is 24.0 Å². The van der Waals surface area contributed by atoms with Gasteiger partial charge in [-0.1, -0.05) is 81.5 Å². The molecule has 0 spiro atoms. The van der Waals surface area contributed by atoms with Crippen LogP contribution in [0.25, 0.3) is 6.08 Å². The van der Waals surface area contributed by atoms with E-state index in [1.54, 1.807) is 79.0 Å². The smallest absolute Gasteiger partial charge is 0.408 e. The van der Waals surface area contributed by atoms with E-state index in [-0.39, 0.29) is 44.1 Å². The Kier molecular flexibility index (Phi) is 18.7. The highest BCUT2D eigenvalue weighted by Crippen LogP contribution is 2.20. The van der Waals surface area contributed by atoms with Gasteiger partial charge in [0.05, 0.1) is 13.5 Å². The predicted molar refractivity (Wildman–Crippen MR) is 211 cm³/mol. The Bertz CT molecular complexity index is 1590. The Balaban J connectivity index is 2.13. The first-order valence-corrected chi connectivity index (χ1v) is 18.7. The molecule has 12 nitrogen and oxygen atoms in total. The lowest BCUT2D eigenvalue weighted by Crippen LogP contribution is -2.49. The number of amides is 2. The van der Waals surface area contributed by atoms with Crippen LogP contribution < -0.4 is 15.4 Å². The lowest BCUT2D eigenvalue weighted by atomic mass is 9.99. The van der Waals surface area contributed by atoms with Gasteiger partial charge in [0.15, 0.2) is 6.10 Å². The maximum Gasteiger partial charge on any atom is 0.408 e. The molecule has 0 aliphatic carbocycles. The van der Waals surface area contributed by atoms with E-state index in [4.69, 9.17) is 23.7 Å². The van der Waals surface area contributed by atoms with Crippen molar-refractivity contribution in [1.82, 2.24) is 10.6 Å². The van der Waals surface area contributed by atoms with Gasteiger partial charge in [-0.2, -0.15) is 0 Å². The largest absolute Gasteiger partial charge is 0.497 e. The Morgan fingerprint density at radius 3 is 2.04 bits per heavy atom. The van der Waals surface area contributed by atoms with Crippen LogP contribution in [0.3, 0.4) is 0 Å². The lowest BCUT2D eigenvalue weighted by molar-refractivity contribution is -0.173. The summed E-state index contributed by atoms with van der Waals surface area (Å²) in [4.78, 5) is 64.9. The molecule has 0 saturated heterocycles. The fourth-order valence-corrected chi connectivity index (χ4v) is 5.09. The molecule has 302 valence electrons. The number of methoxy groups -OCH3 is 1. The third-order valence-corrected chi connectivity index (χ3v) is 7.73. The molecule has 0 aliphatic heterocycles. The molecule has 2 amide bonds. The fourth-order valence-electron chi connectivity index (χ4n) is 5.09. The van der Waals surface area contributed by atoms with Gasteiger partial charge >= 0.3 is 24.0 Å². The first-order chi connectivity index (χ1) is 25.7. The molecule has 0 saturated carbocycles. The number of benzene rings is 2. The molecular weight excluding hydrogens is 704 g/mol. The van der Waals surface area contributed by atoms with E-state index >= 15 is 0 Å². The maximum atomic E-state index is 13.6. The molecule has 0 bridgehead atoms. The number of carbonyl (C=O) groups is 5. The van der Waals surface area contributed by atoms with Crippen LogP contribution in [0.4, 0.5) is 4.79 Å². The highest BCUT2D eigenvalue weighted by molar-refractivity contribution is 5.86. The van der Waals surface area contributed by atoms with Gasteiger partial charge in [-0.3, -0.25) is 9.59 Å². The summed E-state index contributed by atoms with van der Waals surface area (Å²) in [6, 6.07) is 15.7. The highest BCUT2D eigenvalue weighted by Gasteiger charge is 2.30. The average Bonchev–Trinajstić information content (AvgIpc) is 3.08. The second kappa shape index (κ2) is 22.3. The van der Waals surface area contributed by atoms with Crippen molar-refractivity contribution in [2.24, 2.45) is 11.8 Å². The van der Waals surface area contributed by atoms with Crippen molar-refractivity contribution in [2.75, 3.05) is 13.7 Å². The van der Waals surface area contributed by atoms with Gasteiger partial charge in [-0.25, -0.2) is 14.4 Å². The SMILES string of the molecule is COc1ccc(C[C@@H](NC(=O)OC(C)(C)C)C(=O)NCCC(=O)O[C@@H](CC(C)C)C(=O)O[C@@H](C/C=C/C(=O)OC(C)(C)C)[C@H](C)/C=C/c2ccccc2)cc1. The number of ether oxygens (including phenoxy) is 5. The van der Waals surface area contributed by atoms with Crippen molar-refractivity contribution in [3.63, 3.8) is 0 Å². The summed E-state index contributed by atoms with van der Waals surface area (Å²) in [5.41, 5.74) is 0.285. The van der Waals surface area contributed by atoms with Gasteiger partial charge in [-0.05, 0) is 77.1 Å². The molecule has 0 unspecified atom stereocenters. The first kappa shape index (κ1) is 46.0. The quantitative estimate of drug-likeness (QED) is 0.0857. The van der Waals surface area contributed by atoms with Gasteiger partial charge in [0.1, 0.15) is 29.1 Å². The standard InChI is InChI=1S/C43H60N2O10/c1-29(2)27-36(40(49)53-35(17-14-18-38(47)54-42(4,5)6)30(3)19-20-31-15-12-11-13-16-31)52-37(46)25-26-44-39(48)34(45-41(50)55-43(7,8)9)28-32-21-23-33(51-10)24-22-32/h11-16,18-24,29-30,34-36H,17,25-28H2,1-10H3,(H,44,48)(H,45,50)/b18-14+,20-19+/t30-,34-,35+,36+/m1/s1. The third kappa shape index (κ3) is 19.7. The zero-order chi connectivity index (χ0) is 41.2. The summed E-state index contributed by atoms with van der Waals surface area (Å²) >= 11 is 0. The van der Waals surface area contributed by atoms with Crippen LogP contribution in [0.15, 0.2) is 72.8 Å². The predicted octanol–water partition coefficient (Wildman–Crippen LogP) is 7.14. The Labute approximate surface area is 326 Å². The van der Waals surface area contributed by atoms with Crippen molar-refractivity contribution in [3.8, 4) is 5.75 Å². The Hall–Kier alpha value is -5.13. The normalized spacial score (nSPS) is 14.1. The summed E-state index contributed by atoms with van der Waals surface area (Å²) < 4.78 is 27.5. The fraction of sp³-hybridized carbons (Fsp3) is 0.512. The van der Waals surface area contributed by atoms with Crippen LogP contribution in [0, 0.1) is 11.8 Å². The highest BCUT2D eigenvalue weighted by atomic mass is 16.6. The zero-order valence-corrected chi connectivity index (χ0v) is 34.0. The number of hydrogen-bond acceptors (Lipinski definition) is 10. The molecule has 2 N–H and O–H groups in total. The van der Waals surface area contributed by atoms with Crippen LogP contribution in [-0.4, -0.2) is 73.0 Å². The molecule has 0 heterocycles. The molecule has 0 radical (unpaired) electrons. The van der Waals surface area contributed by atoms with Crippen molar-refractivity contribution in [1.29, 1.82) is 0 Å². The molecule has 4 atom stereocenters. The molecule has 0 fully saturated rings. The van der Waals surface area contributed by atoms with Crippen LogP contribution in [0.2, 0.25) is 0 Å². The molecule has 2 aromatic carbocycles. The van der Waals surface area contributed by atoms with Crippen LogP contribution in [0.5, 0.6) is 5.75 Å². The minimum absolute atomic E-state index is 0.0244. The van der Waals surface area contributed by atoms with E-state index in [1.807, 2.05) is 63.3 Å². The maximum absolute atomic E-state index is 13.6. The molecule has 0 aliphatic rings. The van der Waals surface area contributed by atoms with Gasteiger partial charge in [-0.15, -0.1) is 0 Å². The average molecular weight is 765 g/mol. The summed E-state index contributed by atoms with van der Waals surface area (Å²) in [6.45, 7) is 16.0. The van der Waals surface area contributed by atoms with Gasteiger partial charge in [0, 0.05) is 31.4 Å². The van der Waals surface area contributed by atoms with Crippen LogP contribution in [-0.2, 0) is 44.5 Å². The van der Waals surface area contributed by atoms with Crippen LogP contribution >= 0.6 is 0 Å². The van der Waals surface area contributed by atoms with Crippen molar-refractivity contribution < 1.29 is 47.7 Å². The number of alkyl carbamates (subject to hydrolysis) is 1. The zero-order valence-electron chi connectivity index (χ0n) is 34.0. The summed E-state index contributed by atoms with van der Waals surface area (Å²) in [5.74, 6) is -2.15. The van der Waals surface area contributed by atoms with Crippen molar-refractivity contribution in [2.45, 2.75) is 117 Å². The number of carbonyl (C=O) groups excluding carboxylic acids is 5. The van der Waals surface area contributed by atoms with Crippen molar-refractivity contribution in [3.05, 3.63) is 84.0 Å². The molecule has 2 aromatic rings. The molecule has 0 aromatic heterocycles. The number of nitrogens with one attached hydrogen (secondary N) is 2. The van der Waals surface area contributed by atoms with Gasteiger partial charge in [0.2, 0.25) is 5.91 Å². The monoisotopic (exact) mass is 764 g/mol. The van der Waals surface area contributed by atoms with Gasteiger partial charge in [0.25, 0.3) is 0 Å². The van der Waals surface area contributed by atoms with E-state index in [0.717, 1.165) is 11.1 Å². The molecule has 2 rings (SSSR count). The van der Waals surface area contributed by atoms with Gasteiger partial charge < -0.3 is 34.3 Å². The number of hydrogen-bond donors (Lipinski definition) is 2. The first-order valence-electron chi connectivity index (χ1n) is 18.7. The van der Waals surface area contributed by atoms with E-state index in [1.165, 1.54) is 6.08 Å². The Morgan fingerprint density at radius 2 is 1.45 bits per heavy atom. The Morgan fingerprint density at radius 1 is 0.818 bits per heavy atom. The summed E-state index contributed by atoms with van der Waals surface area (Å²) in [5, 5.41) is 5.30. The van der Waals surface area contributed by atoms with E-state index in [0.29, 0.717) is 5.75 Å². The topological polar surface area (TPSA) is 156 Å². The number of esters is 3. The minimum Gasteiger partial charge on any atom is -0.497 e. The lowest BCUT2D eigenvalue weighted by Gasteiger charge is -2.25. The second-order valence-electron chi connectivity index (χ2n) is 15.7. The summed E-state index contributed by atoms with van der Waals surface area (Å²) in [7, 11) is 1.55.